The van der Waals surface area contributed by atoms with E-state index in [1.807, 2.05) is 18.1 Å². The Balaban J connectivity index is 0.00000160. The Labute approximate surface area is 193 Å². The topological polar surface area (TPSA) is 58.9 Å². The quantitative estimate of drug-likeness (QED) is 0.513. The third-order valence-electron chi connectivity index (χ3n) is 5.63. The summed E-state index contributed by atoms with van der Waals surface area (Å²) in [5.74, 6) is 0.118. The van der Waals surface area contributed by atoms with Gasteiger partial charge in [-0.15, -0.1) is 24.8 Å². The van der Waals surface area contributed by atoms with Crippen molar-refractivity contribution in [2.45, 2.75) is 44.7 Å². The molecule has 3 aromatic rings. The monoisotopic (exact) mass is 472 g/mol. The molecule has 0 aliphatic heterocycles. The van der Waals surface area contributed by atoms with E-state index < -0.39 is 0 Å². The smallest absolute Gasteiger partial charge is 0.265 e. The van der Waals surface area contributed by atoms with Crippen molar-refractivity contribution in [3.8, 4) is 0 Å². The fraction of sp³-hybridized carbons (Fsp3) is 0.524. The summed E-state index contributed by atoms with van der Waals surface area (Å²) in [6, 6.07) is 6.68. The predicted octanol–water partition coefficient (Wildman–Crippen LogP) is 4.53. The number of hydrogen-bond donors (Lipinski definition) is 1. The maximum Gasteiger partial charge on any atom is 0.265 e. The molecule has 1 N–H and O–H groups in total. The molecule has 1 fully saturated rings. The third-order valence-corrected chi connectivity index (χ3v) is 6.61. The van der Waals surface area contributed by atoms with E-state index in [1.165, 1.54) is 36.2 Å². The van der Waals surface area contributed by atoms with Crippen molar-refractivity contribution in [1.29, 1.82) is 0 Å². The Kier molecular flexibility index (Phi) is 9.37. The van der Waals surface area contributed by atoms with Crippen molar-refractivity contribution in [3.05, 3.63) is 34.8 Å². The number of amides is 1. The van der Waals surface area contributed by atoms with Gasteiger partial charge in [-0.05, 0) is 30.5 Å². The molecule has 9 heteroatoms. The van der Waals surface area contributed by atoms with Gasteiger partial charge in [-0.3, -0.25) is 9.20 Å². The number of methoxy groups -OCH3 is 1. The first kappa shape index (κ1) is 24.9. The molecule has 4 rings (SSSR count). The van der Waals surface area contributed by atoms with Crippen LogP contribution >= 0.6 is 36.2 Å². The highest BCUT2D eigenvalue weighted by atomic mass is 35.5. The second-order valence-corrected chi connectivity index (χ2v) is 8.57. The van der Waals surface area contributed by atoms with E-state index in [-0.39, 0.29) is 30.7 Å². The van der Waals surface area contributed by atoms with E-state index in [0.717, 1.165) is 46.8 Å². The average molecular weight is 473 g/mol. The van der Waals surface area contributed by atoms with Gasteiger partial charge in [0.2, 0.25) is 0 Å². The van der Waals surface area contributed by atoms with Gasteiger partial charge in [-0.25, -0.2) is 4.98 Å². The Morgan fingerprint density at radius 3 is 2.80 bits per heavy atom. The number of nitrogens with one attached hydrogen (secondary N) is 1. The largest absolute Gasteiger partial charge is 0.383 e. The van der Waals surface area contributed by atoms with Crippen LogP contribution in [0.2, 0.25) is 0 Å². The first-order valence-corrected chi connectivity index (χ1v) is 10.9. The maximum atomic E-state index is 13.0. The van der Waals surface area contributed by atoms with Crippen molar-refractivity contribution in [2.75, 3.05) is 27.3 Å². The summed E-state index contributed by atoms with van der Waals surface area (Å²) in [5, 5.41) is 3.37. The zero-order chi connectivity index (χ0) is 19.5. The number of halogens is 2. The second-order valence-electron chi connectivity index (χ2n) is 7.56. The Bertz CT molecular complexity index is 969. The van der Waals surface area contributed by atoms with Crippen LogP contribution in [0.5, 0.6) is 0 Å². The van der Waals surface area contributed by atoms with E-state index in [1.54, 1.807) is 7.11 Å². The number of nitrogens with zero attached hydrogens (tertiary/aromatic N) is 3. The van der Waals surface area contributed by atoms with Gasteiger partial charge >= 0.3 is 0 Å². The van der Waals surface area contributed by atoms with Crippen molar-refractivity contribution in [3.63, 3.8) is 0 Å². The molecule has 0 unspecified atom stereocenters. The molecule has 1 saturated carbocycles. The normalized spacial score (nSPS) is 14.5. The van der Waals surface area contributed by atoms with Crippen LogP contribution in [-0.4, -0.2) is 53.5 Å². The van der Waals surface area contributed by atoms with Gasteiger partial charge in [0.1, 0.15) is 4.88 Å². The summed E-state index contributed by atoms with van der Waals surface area (Å²) in [4.78, 5) is 21.3. The lowest BCUT2D eigenvalue weighted by molar-refractivity contribution is 0.0701. The first-order valence-electron chi connectivity index (χ1n) is 10.0. The molecule has 0 spiro atoms. The second kappa shape index (κ2) is 11.3. The molecule has 0 atom stereocenters. The molecular formula is C21H30Cl2N4O2S. The number of carbonyl (C=O) groups is 1. The molecule has 166 valence electrons. The molecular weight excluding hydrogens is 443 g/mol. The Morgan fingerprint density at radius 1 is 1.30 bits per heavy atom. The maximum absolute atomic E-state index is 13.0. The van der Waals surface area contributed by atoms with Crippen LogP contribution < -0.4 is 5.32 Å². The summed E-state index contributed by atoms with van der Waals surface area (Å²) in [7, 11) is 3.65. The van der Waals surface area contributed by atoms with Gasteiger partial charge in [-0.2, -0.15) is 0 Å². The van der Waals surface area contributed by atoms with E-state index in [9.17, 15) is 4.79 Å². The summed E-state index contributed by atoms with van der Waals surface area (Å²) in [6.07, 6.45) is 7.93. The highest BCUT2D eigenvalue weighted by molar-refractivity contribution is 7.18. The number of fused-ring (bicyclic) bond motifs is 3. The molecule has 1 aliphatic rings. The van der Waals surface area contributed by atoms with Gasteiger partial charge in [0.15, 0.2) is 4.96 Å². The number of rotatable bonds is 7. The van der Waals surface area contributed by atoms with Crippen LogP contribution in [-0.2, 0) is 11.3 Å². The summed E-state index contributed by atoms with van der Waals surface area (Å²) >= 11 is 1.48. The van der Waals surface area contributed by atoms with Gasteiger partial charge in [0.05, 0.1) is 17.6 Å². The van der Waals surface area contributed by atoms with E-state index in [2.05, 4.69) is 27.9 Å². The minimum absolute atomic E-state index is 0. The van der Waals surface area contributed by atoms with Crippen LogP contribution in [0.15, 0.2) is 24.4 Å². The Hall–Kier alpha value is -1.38. The highest BCUT2D eigenvalue weighted by Crippen LogP contribution is 2.28. The Morgan fingerprint density at radius 2 is 2.07 bits per heavy atom. The number of ether oxygens (including phenoxy) is 1. The van der Waals surface area contributed by atoms with Crippen LogP contribution in [0.1, 0.15) is 47.3 Å². The lowest BCUT2D eigenvalue weighted by Crippen LogP contribution is -2.37. The number of imidazole rings is 1. The highest BCUT2D eigenvalue weighted by Gasteiger charge is 2.25. The molecule has 0 bridgehead atoms. The van der Waals surface area contributed by atoms with E-state index >= 15 is 0 Å². The number of thiazole rings is 1. The first-order chi connectivity index (χ1) is 13.7. The standard InChI is InChI=1S/C21H28N4O2S.2ClH/c1-24(16-6-4-3-5-7-16)20(26)19-14-25-18-12-15(13-22-10-11-27-2)8-9-17(18)23-21(25)28-19;;/h8-9,12,14,16,22H,3-7,10-11,13H2,1-2H3;2*1H. The minimum Gasteiger partial charge on any atom is -0.383 e. The number of benzene rings is 1. The molecule has 0 radical (unpaired) electrons. The number of hydrogen-bond acceptors (Lipinski definition) is 5. The molecule has 1 aromatic carbocycles. The fourth-order valence-electron chi connectivity index (χ4n) is 3.98. The molecule has 6 nitrogen and oxygen atoms in total. The average Bonchev–Trinajstić information content (AvgIpc) is 3.29. The van der Waals surface area contributed by atoms with Crippen molar-refractivity contribution in [2.24, 2.45) is 0 Å². The zero-order valence-electron chi connectivity index (χ0n) is 17.4. The number of aromatic nitrogens is 2. The van der Waals surface area contributed by atoms with Crippen LogP contribution in [0.25, 0.3) is 16.0 Å². The predicted molar refractivity (Wildman–Crippen MR) is 128 cm³/mol. The molecule has 2 aromatic heterocycles. The summed E-state index contributed by atoms with van der Waals surface area (Å²) in [5.41, 5.74) is 3.21. The van der Waals surface area contributed by atoms with Crippen molar-refractivity contribution < 1.29 is 9.53 Å². The number of carbonyl (C=O) groups excluding carboxylic acids is 1. The zero-order valence-corrected chi connectivity index (χ0v) is 19.9. The van der Waals surface area contributed by atoms with Gasteiger partial charge < -0.3 is 15.0 Å². The van der Waals surface area contributed by atoms with Crippen molar-refractivity contribution in [1.82, 2.24) is 19.6 Å². The third kappa shape index (κ3) is 5.26. The lowest BCUT2D eigenvalue weighted by Gasteiger charge is -2.30. The summed E-state index contributed by atoms with van der Waals surface area (Å²) < 4.78 is 7.13. The van der Waals surface area contributed by atoms with Crippen molar-refractivity contribution >= 4 is 58.1 Å². The van der Waals surface area contributed by atoms with Crippen LogP contribution in [0.3, 0.4) is 0 Å². The van der Waals surface area contributed by atoms with Crippen LogP contribution in [0.4, 0.5) is 0 Å². The molecule has 1 amide bonds. The summed E-state index contributed by atoms with van der Waals surface area (Å²) in [6.45, 7) is 2.30. The van der Waals surface area contributed by atoms with E-state index in [0.29, 0.717) is 12.6 Å². The van der Waals surface area contributed by atoms with Crippen LogP contribution in [0, 0.1) is 0 Å². The molecule has 1 aliphatic carbocycles. The molecule has 0 saturated heterocycles. The van der Waals surface area contributed by atoms with Gasteiger partial charge in [-0.1, -0.05) is 36.7 Å². The minimum atomic E-state index is 0. The van der Waals surface area contributed by atoms with Gasteiger partial charge in [0, 0.05) is 39.5 Å². The van der Waals surface area contributed by atoms with Gasteiger partial charge in [0.25, 0.3) is 5.91 Å². The van der Waals surface area contributed by atoms with E-state index in [4.69, 9.17) is 9.72 Å². The molecule has 2 heterocycles. The molecule has 30 heavy (non-hydrogen) atoms. The fourth-order valence-corrected chi connectivity index (χ4v) is 4.96. The SMILES string of the molecule is COCCNCc1ccc2nc3sc(C(=O)N(C)C4CCCCC4)cn3c2c1.Cl.Cl. The lowest BCUT2D eigenvalue weighted by atomic mass is 9.94.